The fourth-order valence-corrected chi connectivity index (χ4v) is 4.56. The van der Waals surface area contributed by atoms with Crippen molar-refractivity contribution >= 4 is 23.6 Å². The molecule has 1 aromatic rings. The highest BCUT2D eigenvalue weighted by Gasteiger charge is 2.42. The van der Waals surface area contributed by atoms with Gasteiger partial charge in [-0.2, -0.15) is 0 Å². The average molecular weight is 363 g/mol. The van der Waals surface area contributed by atoms with Gasteiger partial charge in [-0.3, -0.25) is 9.59 Å². The van der Waals surface area contributed by atoms with Crippen LogP contribution in [0.1, 0.15) is 57.0 Å². The van der Waals surface area contributed by atoms with Gasteiger partial charge in [0, 0.05) is 16.9 Å². The highest BCUT2D eigenvalue weighted by Crippen LogP contribution is 2.35. The van der Waals surface area contributed by atoms with E-state index < -0.39 is 6.04 Å². The molecule has 1 fully saturated rings. The zero-order valence-electron chi connectivity index (χ0n) is 16.1. The summed E-state index contributed by atoms with van der Waals surface area (Å²) < 4.78 is 0. The van der Waals surface area contributed by atoms with Gasteiger partial charge in [-0.25, -0.2) is 0 Å². The van der Waals surface area contributed by atoms with Crippen molar-refractivity contribution in [3.05, 3.63) is 35.4 Å². The number of aryl methyl sites for hydroxylation is 1. The van der Waals surface area contributed by atoms with E-state index in [-0.39, 0.29) is 22.7 Å². The number of thioether (sulfide) groups is 1. The fraction of sp³-hybridized carbons (Fsp3) is 0.600. The molecular formula is C20H30N2O2S. The van der Waals surface area contributed by atoms with E-state index in [0.29, 0.717) is 17.2 Å². The predicted molar refractivity (Wildman–Crippen MR) is 105 cm³/mol. The Morgan fingerprint density at radius 2 is 1.84 bits per heavy atom. The lowest BCUT2D eigenvalue weighted by molar-refractivity contribution is -0.126. The van der Waals surface area contributed by atoms with Crippen molar-refractivity contribution in [2.24, 2.45) is 5.92 Å². The molecule has 1 aliphatic rings. The molecule has 1 N–H and O–H groups in total. The smallest absolute Gasteiger partial charge is 0.255 e. The zero-order valence-corrected chi connectivity index (χ0v) is 16.9. The quantitative estimate of drug-likeness (QED) is 0.885. The standard InChI is InChI=1S/C20H30N2O2S/c1-13(2)11-17-22(19(24)15-9-7-14(3)8-10-15)16(12-25-17)18(23)21-20(4,5)6/h7-10,13,16-17H,11-12H2,1-6H3,(H,21,23). The lowest BCUT2D eigenvalue weighted by atomic mass is 10.1. The molecule has 2 unspecified atom stereocenters. The second-order valence-electron chi connectivity index (χ2n) is 8.25. The van der Waals surface area contributed by atoms with Crippen molar-refractivity contribution in [1.29, 1.82) is 0 Å². The Labute approximate surface area is 155 Å². The average Bonchev–Trinajstić information content (AvgIpc) is 2.88. The van der Waals surface area contributed by atoms with Crippen LogP contribution in [-0.4, -0.2) is 39.4 Å². The molecule has 0 saturated carbocycles. The van der Waals surface area contributed by atoms with Crippen LogP contribution >= 0.6 is 11.8 Å². The van der Waals surface area contributed by atoms with Crippen LogP contribution in [0.25, 0.3) is 0 Å². The van der Waals surface area contributed by atoms with Gasteiger partial charge in [0.2, 0.25) is 5.91 Å². The highest BCUT2D eigenvalue weighted by molar-refractivity contribution is 8.00. The Bertz CT molecular complexity index is 620. The first-order chi connectivity index (χ1) is 11.6. The Kier molecular flexibility index (Phi) is 6.20. The highest BCUT2D eigenvalue weighted by atomic mass is 32.2. The largest absolute Gasteiger partial charge is 0.350 e. The Hall–Kier alpha value is -1.49. The van der Waals surface area contributed by atoms with Gasteiger partial charge in [0.25, 0.3) is 5.91 Å². The van der Waals surface area contributed by atoms with E-state index in [1.165, 1.54) is 0 Å². The third kappa shape index (κ3) is 5.24. The first-order valence-electron chi connectivity index (χ1n) is 8.91. The van der Waals surface area contributed by atoms with Crippen LogP contribution in [0.15, 0.2) is 24.3 Å². The fourth-order valence-electron chi connectivity index (χ4n) is 2.92. The topological polar surface area (TPSA) is 49.4 Å². The maximum absolute atomic E-state index is 13.2. The normalized spacial score (nSPS) is 20.8. The van der Waals surface area contributed by atoms with E-state index in [0.717, 1.165) is 12.0 Å². The molecular weight excluding hydrogens is 332 g/mol. The summed E-state index contributed by atoms with van der Waals surface area (Å²) >= 11 is 1.71. The van der Waals surface area contributed by atoms with Gasteiger partial charge in [-0.05, 0) is 52.2 Å². The van der Waals surface area contributed by atoms with Gasteiger partial charge in [-0.1, -0.05) is 31.5 Å². The third-order valence-corrected chi connectivity index (χ3v) is 5.41. The molecule has 2 amide bonds. The summed E-state index contributed by atoms with van der Waals surface area (Å²) in [4.78, 5) is 27.7. The molecule has 2 atom stereocenters. The first kappa shape index (κ1) is 19.8. The third-order valence-electron chi connectivity index (χ3n) is 4.10. The molecule has 0 spiro atoms. The van der Waals surface area contributed by atoms with Crippen LogP contribution in [0.2, 0.25) is 0 Å². The number of nitrogens with one attached hydrogen (secondary N) is 1. The van der Waals surface area contributed by atoms with Crippen molar-refractivity contribution in [3.63, 3.8) is 0 Å². The van der Waals surface area contributed by atoms with Gasteiger partial charge < -0.3 is 10.2 Å². The molecule has 0 aromatic heterocycles. The Morgan fingerprint density at radius 3 is 2.36 bits per heavy atom. The van der Waals surface area contributed by atoms with Crippen molar-refractivity contribution in [2.45, 2.75) is 64.9 Å². The van der Waals surface area contributed by atoms with Gasteiger partial charge in [0.1, 0.15) is 6.04 Å². The molecule has 5 heteroatoms. The van der Waals surface area contributed by atoms with Crippen LogP contribution in [0, 0.1) is 12.8 Å². The first-order valence-corrected chi connectivity index (χ1v) is 9.96. The van der Waals surface area contributed by atoms with Gasteiger partial charge >= 0.3 is 0 Å². The summed E-state index contributed by atoms with van der Waals surface area (Å²) in [6, 6.07) is 7.18. The molecule has 1 saturated heterocycles. The number of rotatable bonds is 4. The summed E-state index contributed by atoms with van der Waals surface area (Å²) in [6.45, 7) is 12.2. The molecule has 0 radical (unpaired) electrons. The number of amides is 2. The van der Waals surface area contributed by atoms with Crippen molar-refractivity contribution in [2.75, 3.05) is 5.75 Å². The minimum Gasteiger partial charge on any atom is -0.350 e. The van der Waals surface area contributed by atoms with Crippen LogP contribution in [0.5, 0.6) is 0 Å². The molecule has 1 heterocycles. The molecule has 25 heavy (non-hydrogen) atoms. The van der Waals surface area contributed by atoms with Gasteiger partial charge in [0.15, 0.2) is 0 Å². The van der Waals surface area contributed by atoms with Crippen LogP contribution < -0.4 is 5.32 Å². The minimum atomic E-state index is -0.415. The zero-order chi connectivity index (χ0) is 18.8. The number of benzene rings is 1. The predicted octanol–water partition coefficient (Wildman–Crippen LogP) is 3.84. The maximum atomic E-state index is 13.2. The molecule has 0 aliphatic carbocycles. The second kappa shape index (κ2) is 7.81. The molecule has 1 aliphatic heterocycles. The van der Waals surface area contributed by atoms with E-state index in [2.05, 4.69) is 19.2 Å². The lowest BCUT2D eigenvalue weighted by Crippen LogP contribution is -2.54. The summed E-state index contributed by atoms with van der Waals surface area (Å²) in [5.41, 5.74) is 1.46. The van der Waals surface area contributed by atoms with Crippen molar-refractivity contribution < 1.29 is 9.59 Å². The van der Waals surface area contributed by atoms with Crippen molar-refractivity contribution in [3.8, 4) is 0 Å². The van der Waals surface area contributed by atoms with E-state index in [9.17, 15) is 9.59 Å². The summed E-state index contributed by atoms with van der Waals surface area (Å²) in [5, 5.41) is 3.08. The number of hydrogen-bond acceptors (Lipinski definition) is 3. The van der Waals surface area contributed by atoms with Crippen LogP contribution in [-0.2, 0) is 4.79 Å². The summed E-state index contributed by atoms with van der Waals surface area (Å²) in [6.07, 6.45) is 0.890. The summed E-state index contributed by atoms with van der Waals surface area (Å²) in [5.74, 6) is 1.00. The maximum Gasteiger partial charge on any atom is 0.255 e. The number of hydrogen-bond donors (Lipinski definition) is 1. The number of nitrogens with zero attached hydrogens (tertiary/aromatic N) is 1. The Morgan fingerprint density at radius 1 is 1.24 bits per heavy atom. The molecule has 138 valence electrons. The number of carbonyl (C=O) groups is 2. The molecule has 1 aromatic carbocycles. The second-order valence-corrected chi connectivity index (χ2v) is 9.46. The van der Waals surface area contributed by atoms with Crippen LogP contribution in [0.4, 0.5) is 0 Å². The van der Waals surface area contributed by atoms with Crippen molar-refractivity contribution in [1.82, 2.24) is 10.2 Å². The molecule has 4 nitrogen and oxygen atoms in total. The van der Waals surface area contributed by atoms with E-state index in [1.54, 1.807) is 16.7 Å². The van der Waals surface area contributed by atoms with Crippen LogP contribution in [0.3, 0.4) is 0 Å². The van der Waals surface area contributed by atoms with Gasteiger partial charge in [0.05, 0.1) is 5.37 Å². The summed E-state index contributed by atoms with van der Waals surface area (Å²) in [7, 11) is 0. The molecule has 2 rings (SSSR count). The van der Waals surface area contributed by atoms with E-state index >= 15 is 0 Å². The number of carbonyl (C=O) groups excluding carboxylic acids is 2. The van der Waals surface area contributed by atoms with E-state index in [1.807, 2.05) is 52.0 Å². The lowest BCUT2D eigenvalue weighted by Gasteiger charge is -2.32. The van der Waals surface area contributed by atoms with Gasteiger partial charge in [-0.15, -0.1) is 11.8 Å². The minimum absolute atomic E-state index is 0.0459. The van der Waals surface area contributed by atoms with E-state index in [4.69, 9.17) is 0 Å². The molecule has 0 bridgehead atoms. The Balaban J connectivity index is 2.28. The SMILES string of the molecule is Cc1ccc(C(=O)N2C(CC(C)C)SCC2C(=O)NC(C)(C)C)cc1. The monoisotopic (exact) mass is 362 g/mol.